The van der Waals surface area contributed by atoms with Gasteiger partial charge in [-0.3, -0.25) is 15.1 Å². The van der Waals surface area contributed by atoms with E-state index in [-0.39, 0.29) is 11.4 Å². The van der Waals surface area contributed by atoms with Crippen LogP contribution in [0.3, 0.4) is 0 Å². The maximum atomic E-state index is 10.9. The van der Waals surface area contributed by atoms with Crippen LogP contribution >= 0.6 is 0 Å². The van der Waals surface area contributed by atoms with Crippen LogP contribution in [-0.2, 0) is 0 Å². The molecule has 0 atom stereocenters. The lowest BCUT2D eigenvalue weighted by Crippen LogP contribution is -1.94. The van der Waals surface area contributed by atoms with E-state index in [2.05, 4.69) is 4.98 Å². The van der Waals surface area contributed by atoms with Crippen molar-refractivity contribution < 1.29 is 9.66 Å². The van der Waals surface area contributed by atoms with Crippen LogP contribution in [0.15, 0.2) is 42.7 Å². The fraction of sp³-hybridized carbons (Fsp3) is 0.0833. The highest BCUT2D eigenvalue weighted by atomic mass is 16.6. The fourth-order valence-corrected chi connectivity index (χ4v) is 1.39. The number of aryl methyl sites for hydroxylation is 1. The van der Waals surface area contributed by atoms with Gasteiger partial charge in [-0.15, -0.1) is 0 Å². The van der Waals surface area contributed by atoms with Crippen molar-refractivity contribution in [1.29, 1.82) is 0 Å². The summed E-state index contributed by atoms with van der Waals surface area (Å²) >= 11 is 0. The molecule has 1 heterocycles. The minimum atomic E-state index is -0.460. The Kier molecular flexibility index (Phi) is 3.00. The number of aromatic nitrogens is 1. The molecular weight excluding hydrogens is 220 g/mol. The van der Waals surface area contributed by atoms with Gasteiger partial charge in [0.15, 0.2) is 0 Å². The minimum absolute atomic E-state index is 0.0474. The Hall–Kier alpha value is -2.43. The molecule has 2 rings (SSSR count). The Labute approximate surface area is 97.8 Å². The van der Waals surface area contributed by atoms with Gasteiger partial charge in [0.1, 0.15) is 5.75 Å². The Bertz CT molecular complexity index is 541. The number of nitro benzene ring substituents is 1. The van der Waals surface area contributed by atoms with Gasteiger partial charge in [0.05, 0.1) is 11.1 Å². The standard InChI is InChI=1S/C12H10N2O3/c1-9-4-5-12(11(7-9)14(15)16)17-10-3-2-6-13-8-10/h2-8H,1H3. The first-order valence-corrected chi connectivity index (χ1v) is 5.00. The highest BCUT2D eigenvalue weighted by Gasteiger charge is 2.15. The monoisotopic (exact) mass is 230 g/mol. The van der Waals surface area contributed by atoms with E-state index in [4.69, 9.17) is 4.74 Å². The summed E-state index contributed by atoms with van der Waals surface area (Å²) < 4.78 is 5.42. The normalized spacial score (nSPS) is 9.94. The fourth-order valence-electron chi connectivity index (χ4n) is 1.39. The predicted octanol–water partition coefficient (Wildman–Crippen LogP) is 3.09. The zero-order chi connectivity index (χ0) is 12.3. The van der Waals surface area contributed by atoms with Gasteiger partial charge in [-0.1, -0.05) is 6.07 Å². The van der Waals surface area contributed by atoms with Crippen molar-refractivity contribution in [3.05, 3.63) is 58.4 Å². The van der Waals surface area contributed by atoms with Gasteiger partial charge in [0, 0.05) is 12.3 Å². The molecule has 0 aliphatic heterocycles. The van der Waals surface area contributed by atoms with E-state index >= 15 is 0 Å². The molecular formula is C12H10N2O3. The number of pyridine rings is 1. The first kappa shape index (κ1) is 11.1. The van der Waals surface area contributed by atoms with Gasteiger partial charge in [0.25, 0.3) is 0 Å². The average Bonchev–Trinajstić information content (AvgIpc) is 2.32. The van der Waals surface area contributed by atoms with Crippen LogP contribution in [0.4, 0.5) is 5.69 Å². The summed E-state index contributed by atoms with van der Waals surface area (Å²) in [6, 6.07) is 8.22. The van der Waals surface area contributed by atoms with Crippen LogP contribution in [0.25, 0.3) is 0 Å². The van der Waals surface area contributed by atoms with E-state index in [1.807, 2.05) is 0 Å². The Balaban J connectivity index is 2.36. The Morgan fingerprint density at radius 3 is 2.82 bits per heavy atom. The maximum absolute atomic E-state index is 10.9. The van der Waals surface area contributed by atoms with Crippen LogP contribution in [-0.4, -0.2) is 9.91 Å². The molecule has 0 fully saturated rings. The highest BCUT2D eigenvalue weighted by Crippen LogP contribution is 2.31. The van der Waals surface area contributed by atoms with Crippen molar-refractivity contribution in [2.75, 3.05) is 0 Å². The van der Waals surface area contributed by atoms with Crippen LogP contribution in [0, 0.1) is 17.0 Å². The van der Waals surface area contributed by atoms with Crippen molar-refractivity contribution in [3.63, 3.8) is 0 Å². The van der Waals surface area contributed by atoms with E-state index in [1.165, 1.54) is 12.3 Å². The highest BCUT2D eigenvalue weighted by molar-refractivity contribution is 5.50. The summed E-state index contributed by atoms with van der Waals surface area (Å²) in [6.45, 7) is 1.79. The number of benzene rings is 1. The second-order valence-corrected chi connectivity index (χ2v) is 3.52. The third-order valence-electron chi connectivity index (χ3n) is 2.17. The Morgan fingerprint density at radius 1 is 1.35 bits per heavy atom. The SMILES string of the molecule is Cc1ccc(Oc2cccnc2)c([N+](=O)[O-])c1. The molecule has 17 heavy (non-hydrogen) atoms. The van der Waals surface area contributed by atoms with Crippen molar-refractivity contribution >= 4 is 5.69 Å². The van der Waals surface area contributed by atoms with E-state index in [1.54, 1.807) is 37.4 Å². The minimum Gasteiger partial charge on any atom is -0.449 e. The lowest BCUT2D eigenvalue weighted by Gasteiger charge is -2.05. The third-order valence-corrected chi connectivity index (χ3v) is 2.17. The first-order valence-electron chi connectivity index (χ1n) is 5.00. The second kappa shape index (κ2) is 4.61. The summed E-state index contributed by atoms with van der Waals surface area (Å²) in [5, 5.41) is 10.9. The van der Waals surface area contributed by atoms with E-state index < -0.39 is 4.92 Å². The molecule has 86 valence electrons. The van der Waals surface area contributed by atoms with E-state index in [9.17, 15) is 10.1 Å². The topological polar surface area (TPSA) is 65.3 Å². The summed E-state index contributed by atoms with van der Waals surface area (Å²) in [5.41, 5.74) is 0.768. The van der Waals surface area contributed by atoms with E-state index in [0.29, 0.717) is 5.75 Å². The quantitative estimate of drug-likeness (QED) is 0.600. The van der Waals surface area contributed by atoms with Gasteiger partial charge in [0.2, 0.25) is 5.75 Å². The summed E-state index contributed by atoms with van der Waals surface area (Å²) in [7, 11) is 0. The van der Waals surface area contributed by atoms with Crippen LogP contribution in [0.2, 0.25) is 0 Å². The van der Waals surface area contributed by atoms with Crippen LogP contribution < -0.4 is 4.74 Å². The molecule has 0 bridgehead atoms. The van der Waals surface area contributed by atoms with Crippen molar-refractivity contribution in [2.24, 2.45) is 0 Å². The second-order valence-electron chi connectivity index (χ2n) is 3.52. The molecule has 0 radical (unpaired) electrons. The molecule has 0 aliphatic carbocycles. The zero-order valence-electron chi connectivity index (χ0n) is 9.16. The number of ether oxygens (including phenoxy) is 1. The number of rotatable bonds is 3. The summed E-state index contributed by atoms with van der Waals surface area (Å²) in [4.78, 5) is 14.3. The molecule has 5 nitrogen and oxygen atoms in total. The van der Waals surface area contributed by atoms with Gasteiger partial charge < -0.3 is 4.74 Å². The lowest BCUT2D eigenvalue weighted by molar-refractivity contribution is -0.385. The van der Waals surface area contributed by atoms with Crippen LogP contribution in [0.1, 0.15) is 5.56 Å². The van der Waals surface area contributed by atoms with Gasteiger partial charge >= 0.3 is 5.69 Å². The zero-order valence-corrected chi connectivity index (χ0v) is 9.16. The van der Waals surface area contributed by atoms with Crippen molar-refractivity contribution in [3.8, 4) is 11.5 Å². The molecule has 1 aromatic heterocycles. The maximum Gasteiger partial charge on any atom is 0.311 e. The molecule has 0 aliphatic rings. The Morgan fingerprint density at radius 2 is 2.18 bits per heavy atom. The summed E-state index contributed by atoms with van der Waals surface area (Å²) in [6.07, 6.45) is 3.11. The molecule has 0 unspecified atom stereocenters. The summed E-state index contributed by atoms with van der Waals surface area (Å²) in [5.74, 6) is 0.688. The number of nitro groups is 1. The molecule has 0 spiro atoms. The first-order chi connectivity index (χ1) is 8.16. The van der Waals surface area contributed by atoms with Gasteiger partial charge in [-0.2, -0.15) is 0 Å². The predicted molar refractivity (Wildman–Crippen MR) is 62.1 cm³/mol. The average molecular weight is 230 g/mol. The number of hydrogen-bond donors (Lipinski definition) is 0. The number of nitrogens with zero attached hydrogens (tertiary/aromatic N) is 2. The molecule has 0 saturated carbocycles. The smallest absolute Gasteiger partial charge is 0.311 e. The van der Waals surface area contributed by atoms with E-state index in [0.717, 1.165) is 5.56 Å². The third kappa shape index (κ3) is 2.57. The van der Waals surface area contributed by atoms with Crippen molar-refractivity contribution in [2.45, 2.75) is 6.92 Å². The largest absolute Gasteiger partial charge is 0.449 e. The molecule has 0 amide bonds. The molecule has 0 saturated heterocycles. The molecule has 1 aromatic carbocycles. The lowest BCUT2D eigenvalue weighted by atomic mass is 10.2. The molecule has 0 N–H and O–H groups in total. The number of hydrogen-bond acceptors (Lipinski definition) is 4. The molecule has 2 aromatic rings. The van der Waals surface area contributed by atoms with Gasteiger partial charge in [-0.25, -0.2) is 0 Å². The van der Waals surface area contributed by atoms with Crippen LogP contribution in [0.5, 0.6) is 11.5 Å². The molecule has 5 heteroatoms. The van der Waals surface area contributed by atoms with Gasteiger partial charge in [-0.05, 0) is 30.7 Å². The van der Waals surface area contributed by atoms with Crippen molar-refractivity contribution in [1.82, 2.24) is 4.98 Å².